The smallest absolute Gasteiger partial charge is 0.203 e. The number of H-pyrrole nitrogens is 1. The highest BCUT2D eigenvalue weighted by atomic mass is 35.5. The lowest BCUT2D eigenvalue weighted by atomic mass is 10.1. The van der Waals surface area contributed by atoms with E-state index >= 15 is 0 Å². The van der Waals surface area contributed by atoms with Crippen molar-refractivity contribution in [2.45, 2.75) is 19.9 Å². The molecule has 0 amide bonds. The molecule has 3 rings (SSSR count). The van der Waals surface area contributed by atoms with Crippen molar-refractivity contribution in [2.75, 3.05) is 5.32 Å². The lowest BCUT2D eigenvalue weighted by Crippen LogP contribution is -2.07. The number of rotatable bonds is 3. The Balaban J connectivity index is 1.85. The minimum absolute atomic E-state index is 0.107. The van der Waals surface area contributed by atoms with E-state index in [0.29, 0.717) is 5.95 Å². The number of halogens is 1. The zero-order chi connectivity index (χ0) is 14.1. The van der Waals surface area contributed by atoms with Gasteiger partial charge >= 0.3 is 0 Å². The molecule has 5 heteroatoms. The van der Waals surface area contributed by atoms with E-state index in [-0.39, 0.29) is 6.04 Å². The summed E-state index contributed by atoms with van der Waals surface area (Å²) in [6, 6.07) is 11.9. The summed E-state index contributed by atoms with van der Waals surface area (Å²) in [5.74, 6) is 0.713. The molecule has 0 aliphatic rings. The van der Waals surface area contributed by atoms with E-state index in [1.54, 1.807) is 0 Å². The summed E-state index contributed by atoms with van der Waals surface area (Å²) in [5, 5.41) is 4.06. The molecular weight excluding hydrogens is 272 g/mol. The fourth-order valence-electron chi connectivity index (χ4n) is 2.12. The molecule has 0 aliphatic carbocycles. The van der Waals surface area contributed by atoms with Crippen molar-refractivity contribution in [2.24, 2.45) is 0 Å². The number of imidazole rings is 1. The quantitative estimate of drug-likeness (QED) is 0.762. The van der Waals surface area contributed by atoms with Crippen LogP contribution in [-0.2, 0) is 0 Å². The Morgan fingerprint density at radius 1 is 1.20 bits per heavy atom. The van der Waals surface area contributed by atoms with Crippen molar-refractivity contribution in [3.8, 4) is 0 Å². The summed E-state index contributed by atoms with van der Waals surface area (Å²) in [7, 11) is 0. The first-order chi connectivity index (χ1) is 9.61. The SMILES string of the molecule is Cc1ccc2[nH]c(N[C@H](C)c3cccc(Cl)c3)nc2n1. The number of anilines is 1. The van der Waals surface area contributed by atoms with Crippen LogP contribution in [0, 0.1) is 6.92 Å². The topological polar surface area (TPSA) is 53.6 Å². The molecule has 0 bridgehead atoms. The van der Waals surface area contributed by atoms with E-state index in [1.807, 2.05) is 43.3 Å². The van der Waals surface area contributed by atoms with E-state index in [0.717, 1.165) is 27.4 Å². The van der Waals surface area contributed by atoms with Crippen molar-refractivity contribution in [3.63, 3.8) is 0 Å². The van der Waals surface area contributed by atoms with Gasteiger partial charge in [0, 0.05) is 10.7 Å². The summed E-state index contributed by atoms with van der Waals surface area (Å²) >= 11 is 6.01. The van der Waals surface area contributed by atoms with E-state index in [9.17, 15) is 0 Å². The van der Waals surface area contributed by atoms with Gasteiger partial charge in [-0.05, 0) is 43.7 Å². The van der Waals surface area contributed by atoms with Gasteiger partial charge in [-0.25, -0.2) is 4.98 Å². The highest BCUT2D eigenvalue weighted by Gasteiger charge is 2.09. The number of hydrogen-bond donors (Lipinski definition) is 2. The maximum absolute atomic E-state index is 6.01. The van der Waals surface area contributed by atoms with E-state index in [4.69, 9.17) is 11.6 Å². The first kappa shape index (κ1) is 12.9. The third-order valence-corrected chi connectivity index (χ3v) is 3.42. The second-order valence-electron chi connectivity index (χ2n) is 4.83. The van der Waals surface area contributed by atoms with Gasteiger partial charge in [-0.3, -0.25) is 0 Å². The average molecular weight is 287 g/mol. The zero-order valence-corrected chi connectivity index (χ0v) is 12.1. The first-order valence-electron chi connectivity index (χ1n) is 6.47. The maximum Gasteiger partial charge on any atom is 0.203 e. The molecular formula is C15H15ClN4. The Morgan fingerprint density at radius 3 is 2.85 bits per heavy atom. The van der Waals surface area contributed by atoms with Crippen molar-refractivity contribution in [1.82, 2.24) is 15.0 Å². The van der Waals surface area contributed by atoms with Crippen LogP contribution in [-0.4, -0.2) is 15.0 Å². The molecule has 0 saturated carbocycles. The van der Waals surface area contributed by atoms with Gasteiger partial charge in [0.1, 0.15) is 0 Å². The van der Waals surface area contributed by atoms with Gasteiger partial charge in [0.05, 0.1) is 11.6 Å². The van der Waals surface area contributed by atoms with Crippen molar-refractivity contribution in [3.05, 3.63) is 52.7 Å². The van der Waals surface area contributed by atoms with Gasteiger partial charge in [0.25, 0.3) is 0 Å². The standard InChI is InChI=1S/C15H15ClN4/c1-9-6-7-13-14(17-9)20-15(19-13)18-10(2)11-4-3-5-12(16)8-11/h3-8,10H,1-2H3,(H2,17,18,19,20)/t10-/m1/s1. The maximum atomic E-state index is 6.01. The van der Waals surface area contributed by atoms with Gasteiger partial charge in [-0.15, -0.1) is 0 Å². The van der Waals surface area contributed by atoms with Gasteiger partial charge in [0.15, 0.2) is 5.65 Å². The lowest BCUT2D eigenvalue weighted by Gasteiger charge is -2.13. The number of fused-ring (bicyclic) bond motifs is 1. The second kappa shape index (κ2) is 5.13. The molecule has 1 atom stereocenters. The van der Waals surface area contributed by atoms with Crippen molar-refractivity contribution >= 4 is 28.7 Å². The average Bonchev–Trinajstić information content (AvgIpc) is 2.80. The highest BCUT2D eigenvalue weighted by molar-refractivity contribution is 6.30. The molecule has 2 aromatic heterocycles. The predicted molar refractivity (Wildman–Crippen MR) is 82.1 cm³/mol. The largest absolute Gasteiger partial charge is 0.349 e. The van der Waals surface area contributed by atoms with Crippen molar-refractivity contribution < 1.29 is 0 Å². The third kappa shape index (κ3) is 2.60. The second-order valence-corrected chi connectivity index (χ2v) is 5.27. The van der Waals surface area contributed by atoms with E-state index < -0.39 is 0 Å². The Labute approximate surface area is 122 Å². The van der Waals surface area contributed by atoms with Crippen molar-refractivity contribution in [1.29, 1.82) is 0 Å². The number of aromatic amines is 1. The molecule has 1 aromatic carbocycles. The molecule has 20 heavy (non-hydrogen) atoms. The highest BCUT2D eigenvalue weighted by Crippen LogP contribution is 2.21. The summed E-state index contributed by atoms with van der Waals surface area (Å²) in [5.41, 5.74) is 3.72. The third-order valence-electron chi connectivity index (χ3n) is 3.19. The summed E-state index contributed by atoms with van der Waals surface area (Å²) in [4.78, 5) is 12.1. The molecule has 2 N–H and O–H groups in total. The molecule has 2 heterocycles. The number of pyridine rings is 1. The van der Waals surface area contributed by atoms with Crippen LogP contribution in [0.4, 0.5) is 5.95 Å². The van der Waals surface area contributed by atoms with Crippen LogP contribution in [0.5, 0.6) is 0 Å². The number of benzene rings is 1. The predicted octanol–water partition coefficient (Wildman–Crippen LogP) is 4.09. The normalized spacial score (nSPS) is 12.6. The van der Waals surface area contributed by atoms with Crippen LogP contribution in [0.25, 0.3) is 11.2 Å². The number of aryl methyl sites for hydroxylation is 1. The van der Waals surface area contributed by atoms with E-state index in [1.165, 1.54) is 0 Å². The number of nitrogens with one attached hydrogen (secondary N) is 2. The van der Waals surface area contributed by atoms with Gasteiger partial charge in [0.2, 0.25) is 5.95 Å². The fourth-order valence-corrected chi connectivity index (χ4v) is 2.32. The summed E-state index contributed by atoms with van der Waals surface area (Å²) < 4.78 is 0. The van der Waals surface area contributed by atoms with Gasteiger partial charge in [-0.1, -0.05) is 23.7 Å². The van der Waals surface area contributed by atoms with Crippen LogP contribution in [0.15, 0.2) is 36.4 Å². The molecule has 0 fully saturated rings. The monoisotopic (exact) mass is 286 g/mol. The number of aromatic nitrogens is 3. The van der Waals surface area contributed by atoms with Crippen LogP contribution in [0.3, 0.4) is 0 Å². The Morgan fingerprint density at radius 2 is 2.05 bits per heavy atom. The van der Waals surface area contributed by atoms with Crippen LogP contribution in [0.2, 0.25) is 5.02 Å². The molecule has 0 aliphatic heterocycles. The molecule has 3 aromatic rings. The minimum atomic E-state index is 0.107. The number of nitrogens with zero attached hydrogens (tertiary/aromatic N) is 2. The van der Waals surface area contributed by atoms with Gasteiger partial charge < -0.3 is 10.3 Å². The van der Waals surface area contributed by atoms with E-state index in [2.05, 4.69) is 27.2 Å². The van der Waals surface area contributed by atoms with Crippen LogP contribution >= 0.6 is 11.6 Å². The minimum Gasteiger partial charge on any atom is -0.349 e. The summed E-state index contributed by atoms with van der Waals surface area (Å²) in [6.45, 7) is 4.02. The lowest BCUT2D eigenvalue weighted by molar-refractivity contribution is 0.868. The Kier molecular flexibility index (Phi) is 3.32. The van der Waals surface area contributed by atoms with Gasteiger partial charge in [-0.2, -0.15) is 4.98 Å². The number of hydrogen-bond acceptors (Lipinski definition) is 3. The first-order valence-corrected chi connectivity index (χ1v) is 6.85. The Hall–Kier alpha value is -2.07. The Bertz CT molecular complexity index is 750. The van der Waals surface area contributed by atoms with Crippen LogP contribution in [0.1, 0.15) is 24.2 Å². The molecule has 102 valence electrons. The van der Waals surface area contributed by atoms with Crippen LogP contribution < -0.4 is 5.32 Å². The fraction of sp³-hybridized carbons (Fsp3) is 0.200. The summed E-state index contributed by atoms with van der Waals surface area (Å²) in [6.07, 6.45) is 0. The molecule has 0 radical (unpaired) electrons. The molecule has 0 unspecified atom stereocenters. The molecule has 4 nitrogen and oxygen atoms in total. The molecule has 0 saturated heterocycles. The zero-order valence-electron chi connectivity index (χ0n) is 11.3. The molecule has 0 spiro atoms.